The average Bonchev–Trinajstić information content (AvgIpc) is 2.98. The lowest BCUT2D eigenvalue weighted by molar-refractivity contribution is -0.117. The molecule has 0 saturated heterocycles. The van der Waals surface area contributed by atoms with Crippen LogP contribution < -0.4 is 5.32 Å². The second-order valence-corrected chi connectivity index (χ2v) is 6.08. The monoisotopic (exact) mass is 372 g/mol. The molecule has 3 aromatic rings. The molecule has 0 unspecified atom stereocenters. The molecule has 5 nitrogen and oxygen atoms in total. The Labute approximate surface area is 153 Å². The normalized spacial score (nSPS) is 11.0. The number of hydrogen-bond donors (Lipinski definition) is 1. The van der Waals surface area contributed by atoms with Crippen molar-refractivity contribution < 1.29 is 18.0 Å². The highest BCUT2D eigenvalue weighted by molar-refractivity contribution is 5.92. The largest absolute Gasteiger partial charge is 0.322 e. The highest BCUT2D eigenvalue weighted by Gasteiger charge is 2.17. The fourth-order valence-corrected chi connectivity index (χ4v) is 2.83. The molecule has 138 valence electrons. The minimum absolute atomic E-state index is 0.129. The van der Waals surface area contributed by atoms with Gasteiger partial charge in [-0.25, -0.2) is 13.2 Å². The van der Waals surface area contributed by atoms with Crippen LogP contribution in [-0.2, 0) is 11.3 Å². The molecule has 3 rings (SSSR count). The van der Waals surface area contributed by atoms with Crippen LogP contribution in [0.2, 0.25) is 0 Å². The van der Waals surface area contributed by atoms with E-state index in [2.05, 4.69) is 11.4 Å². The first-order valence-electron chi connectivity index (χ1n) is 8.01. The van der Waals surface area contributed by atoms with Gasteiger partial charge in [0.1, 0.15) is 6.07 Å². The molecule has 1 amide bonds. The summed E-state index contributed by atoms with van der Waals surface area (Å²) in [5.41, 5.74) is 1.57. The van der Waals surface area contributed by atoms with Crippen LogP contribution in [0.1, 0.15) is 11.1 Å². The van der Waals surface area contributed by atoms with Crippen LogP contribution in [0, 0.1) is 28.8 Å². The van der Waals surface area contributed by atoms with Crippen molar-refractivity contribution in [3.05, 3.63) is 71.3 Å². The first-order valence-corrected chi connectivity index (χ1v) is 8.01. The molecule has 1 aromatic carbocycles. The molecule has 27 heavy (non-hydrogen) atoms. The maximum Gasteiger partial charge on any atom is 0.238 e. The Morgan fingerprint density at radius 2 is 2.00 bits per heavy atom. The van der Waals surface area contributed by atoms with E-state index < -0.39 is 29.0 Å². The number of likely N-dealkylation sites (N-methyl/N-ethyl adjacent to an activating group) is 1. The van der Waals surface area contributed by atoms with Crippen LogP contribution in [0.3, 0.4) is 0 Å². The summed E-state index contributed by atoms with van der Waals surface area (Å²) in [7, 11) is 1.66. The van der Waals surface area contributed by atoms with Gasteiger partial charge in [0, 0.05) is 24.5 Å². The van der Waals surface area contributed by atoms with Crippen molar-refractivity contribution in [1.82, 2.24) is 9.30 Å². The van der Waals surface area contributed by atoms with Gasteiger partial charge in [-0.1, -0.05) is 6.07 Å². The van der Waals surface area contributed by atoms with Crippen molar-refractivity contribution in [3.8, 4) is 6.07 Å². The lowest BCUT2D eigenvalue weighted by atomic mass is 10.1. The summed E-state index contributed by atoms with van der Waals surface area (Å²) in [5, 5.41) is 11.6. The number of anilines is 1. The van der Waals surface area contributed by atoms with Crippen molar-refractivity contribution in [1.29, 1.82) is 5.26 Å². The van der Waals surface area contributed by atoms with E-state index in [4.69, 9.17) is 0 Å². The second-order valence-electron chi connectivity index (χ2n) is 6.08. The van der Waals surface area contributed by atoms with Crippen molar-refractivity contribution in [2.75, 3.05) is 18.9 Å². The number of carbonyl (C=O) groups is 1. The van der Waals surface area contributed by atoms with Gasteiger partial charge in [-0.05, 0) is 31.3 Å². The Balaban J connectivity index is 1.69. The van der Waals surface area contributed by atoms with Gasteiger partial charge in [0.05, 0.1) is 23.3 Å². The van der Waals surface area contributed by atoms with Gasteiger partial charge in [0.25, 0.3) is 0 Å². The summed E-state index contributed by atoms with van der Waals surface area (Å²) >= 11 is 0. The number of aromatic nitrogens is 1. The Bertz CT molecular complexity index is 1060. The lowest BCUT2D eigenvalue weighted by Gasteiger charge is -2.16. The number of benzene rings is 1. The van der Waals surface area contributed by atoms with Gasteiger partial charge in [0.2, 0.25) is 5.91 Å². The summed E-state index contributed by atoms with van der Waals surface area (Å²) in [5.74, 6) is -5.01. The molecule has 1 N–H and O–H groups in total. The molecular weight excluding hydrogens is 357 g/mol. The Morgan fingerprint density at radius 3 is 2.74 bits per heavy atom. The van der Waals surface area contributed by atoms with E-state index in [9.17, 15) is 23.2 Å². The van der Waals surface area contributed by atoms with E-state index in [-0.39, 0.29) is 6.54 Å². The van der Waals surface area contributed by atoms with E-state index in [1.807, 2.05) is 28.8 Å². The third-order valence-corrected chi connectivity index (χ3v) is 4.04. The fraction of sp³-hybridized carbons (Fsp3) is 0.158. The van der Waals surface area contributed by atoms with Crippen LogP contribution >= 0.6 is 0 Å². The summed E-state index contributed by atoms with van der Waals surface area (Å²) in [4.78, 5) is 13.7. The van der Waals surface area contributed by atoms with E-state index in [0.29, 0.717) is 12.1 Å². The SMILES string of the molecule is CN(CC(=O)Nc1ccc(F)c(F)c1F)Cc1cn2ccccc2c1C#N. The molecule has 0 aliphatic carbocycles. The molecule has 0 aliphatic rings. The van der Waals surface area contributed by atoms with Crippen molar-refractivity contribution >= 4 is 17.1 Å². The standard InChI is InChI=1S/C19H15F3N4O/c1-25(9-12-10-26-7-3-2-4-16(26)13(12)8-23)11-17(27)24-15-6-5-14(20)18(21)19(15)22/h2-7,10H,9,11H2,1H3,(H,24,27). The molecule has 2 heterocycles. The van der Waals surface area contributed by atoms with Crippen LogP contribution in [-0.4, -0.2) is 28.8 Å². The molecular formula is C19H15F3N4O. The zero-order valence-corrected chi connectivity index (χ0v) is 14.3. The zero-order valence-electron chi connectivity index (χ0n) is 14.3. The molecule has 8 heteroatoms. The molecule has 0 atom stereocenters. The molecule has 2 aromatic heterocycles. The predicted molar refractivity (Wildman–Crippen MR) is 93.4 cm³/mol. The number of nitrogens with one attached hydrogen (secondary N) is 1. The molecule has 0 aliphatic heterocycles. The highest BCUT2D eigenvalue weighted by atomic mass is 19.2. The summed E-state index contributed by atoms with van der Waals surface area (Å²) < 4.78 is 41.6. The zero-order chi connectivity index (χ0) is 19.6. The minimum atomic E-state index is -1.64. The molecule has 0 saturated carbocycles. The van der Waals surface area contributed by atoms with Crippen LogP contribution in [0.15, 0.2) is 42.7 Å². The maximum atomic E-state index is 13.6. The van der Waals surface area contributed by atoms with Crippen LogP contribution in [0.5, 0.6) is 0 Å². The number of hydrogen-bond acceptors (Lipinski definition) is 3. The average molecular weight is 372 g/mol. The lowest BCUT2D eigenvalue weighted by Crippen LogP contribution is -2.30. The van der Waals surface area contributed by atoms with Crippen molar-refractivity contribution in [2.24, 2.45) is 0 Å². The van der Waals surface area contributed by atoms with Gasteiger partial charge in [-0.15, -0.1) is 0 Å². The first kappa shape index (κ1) is 18.5. The number of nitrogens with zero attached hydrogens (tertiary/aromatic N) is 3. The quantitative estimate of drug-likeness (QED) is 0.699. The number of carbonyl (C=O) groups excluding carboxylic acids is 1. The van der Waals surface area contributed by atoms with Crippen molar-refractivity contribution in [2.45, 2.75) is 6.54 Å². The predicted octanol–water partition coefficient (Wildman–Crippen LogP) is 3.30. The summed E-state index contributed by atoms with van der Waals surface area (Å²) in [6, 6.07) is 9.35. The number of halogens is 3. The molecule has 0 spiro atoms. The minimum Gasteiger partial charge on any atom is -0.322 e. The van der Waals surface area contributed by atoms with Crippen molar-refractivity contribution in [3.63, 3.8) is 0 Å². The number of amides is 1. The topological polar surface area (TPSA) is 60.5 Å². The number of pyridine rings is 1. The van der Waals surface area contributed by atoms with E-state index >= 15 is 0 Å². The first-order chi connectivity index (χ1) is 12.9. The summed E-state index contributed by atoms with van der Waals surface area (Å²) in [6.07, 6.45) is 3.62. The van der Waals surface area contributed by atoms with E-state index in [1.54, 1.807) is 18.1 Å². The second kappa shape index (κ2) is 7.51. The third kappa shape index (κ3) is 3.78. The van der Waals surface area contributed by atoms with Gasteiger partial charge >= 0.3 is 0 Å². The molecule has 0 bridgehead atoms. The molecule has 0 fully saturated rings. The van der Waals surface area contributed by atoms with E-state index in [1.165, 1.54) is 0 Å². The maximum absolute atomic E-state index is 13.6. The Kier molecular flexibility index (Phi) is 5.14. The molecule has 0 radical (unpaired) electrons. The van der Waals surface area contributed by atoms with E-state index in [0.717, 1.165) is 23.2 Å². The van der Waals surface area contributed by atoms with Crippen LogP contribution in [0.4, 0.5) is 18.9 Å². The third-order valence-electron chi connectivity index (χ3n) is 4.04. The van der Waals surface area contributed by atoms with Gasteiger partial charge in [0.15, 0.2) is 17.5 Å². The number of fused-ring (bicyclic) bond motifs is 1. The summed E-state index contributed by atoms with van der Waals surface area (Å²) in [6.45, 7) is 0.174. The fourth-order valence-electron chi connectivity index (χ4n) is 2.83. The number of rotatable bonds is 5. The Morgan fingerprint density at radius 1 is 1.22 bits per heavy atom. The van der Waals surface area contributed by atoms with Gasteiger partial charge in [-0.2, -0.15) is 5.26 Å². The Hall–Kier alpha value is -3.31. The van der Waals surface area contributed by atoms with Crippen LogP contribution in [0.25, 0.3) is 5.52 Å². The van der Waals surface area contributed by atoms with Gasteiger partial charge in [-0.3, -0.25) is 9.69 Å². The van der Waals surface area contributed by atoms with Gasteiger partial charge < -0.3 is 9.72 Å². The number of nitriles is 1. The highest BCUT2D eigenvalue weighted by Crippen LogP contribution is 2.21. The smallest absolute Gasteiger partial charge is 0.238 e.